The Hall–Kier alpha value is -2.29. The SMILES string of the molecule is CCCCCc1ccccc1C(CCCC)Oc1ccccc1C(=O)O. The van der Waals surface area contributed by atoms with Gasteiger partial charge in [0.1, 0.15) is 17.4 Å². The van der Waals surface area contributed by atoms with Gasteiger partial charge >= 0.3 is 5.97 Å². The van der Waals surface area contributed by atoms with Gasteiger partial charge in [0, 0.05) is 0 Å². The molecule has 1 unspecified atom stereocenters. The lowest BCUT2D eigenvalue weighted by atomic mass is 9.95. The van der Waals surface area contributed by atoms with Crippen LogP contribution in [0.3, 0.4) is 0 Å². The summed E-state index contributed by atoms with van der Waals surface area (Å²) in [5.74, 6) is -0.504. The molecule has 0 bridgehead atoms. The molecule has 2 rings (SSSR count). The lowest BCUT2D eigenvalue weighted by Crippen LogP contribution is -2.13. The predicted molar refractivity (Wildman–Crippen MR) is 106 cm³/mol. The van der Waals surface area contributed by atoms with Gasteiger partial charge in [-0.2, -0.15) is 0 Å². The first-order valence-corrected chi connectivity index (χ1v) is 9.74. The quantitative estimate of drug-likeness (QED) is 0.473. The zero-order chi connectivity index (χ0) is 18.8. The first-order chi connectivity index (χ1) is 12.7. The van der Waals surface area contributed by atoms with Crippen molar-refractivity contribution >= 4 is 5.97 Å². The summed E-state index contributed by atoms with van der Waals surface area (Å²) in [5.41, 5.74) is 2.73. The Bertz CT molecular complexity index is 693. The van der Waals surface area contributed by atoms with E-state index >= 15 is 0 Å². The highest BCUT2D eigenvalue weighted by Crippen LogP contribution is 2.31. The van der Waals surface area contributed by atoms with Gasteiger partial charge in [-0.1, -0.05) is 69.5 Å². The number of benzene rings is 2. The van der Waals surface area contributed by atoms with Crippen LogP contribution in [-0.2, 0) is 6.42 Å². The fourth-order valence-electron chi connectivity index (χ4n) is 3.21. The van der Waals surface area contributed by atoms with Crippen LogP contribution in [0.15, 0.2) is 48.5 Å². The summed E-state index contributed by atoms with van der Waals surface area (Å²) in [4.78, 5) is 11.5. The molecule has 0 aliphatic heterocycles. The van der Waals surface area contributed by atoms with Crippen molar-refractivity contribution < 1.29 is 14.6 Å². The van der Waals surface area contributed by atoms with E-state index in [4.69, 9.17) is 4.74 Å². The third-order valence-corrected chi connectivity index (χ3v) is 4.66. The second-order valence-electron chi connectivity index (χ2n) is 6.71. The fraction of sp³-hybridized carbons (Fsp3) is 0.435. The summed E-state index contributed by atoms with van der Waals surface area (Å²) >= 11 is 0. The highest BCUT2D eigenvalue weighted by Gasteiger charge is 2.19. The Balaban J connectivity index is 2.29. The average molecular weight is 354 g/mol. The molecule has 0 saturated heterocycles. The maximum atomic E-state index is 11.5. The number of hydrogen-bond donors (Lipinski definition) is 1. The van der Waals surface area contributed by atoms with Gasteiger partial charge in [0.15, 0.2) is 0 Å². The molecule has 0 heterocycles. The molecule has 0 amide bonds. The molecule has 1 atom stereocenters. The molecule has 2 aromatic rings. The standard InChI is InChI=1S/C23H30O3/c1-3-5-7-12-18-13-8-9-14-19(18)21(16-6-4-2)26-22-17-11-10-15-20(22)23(24)25/h8-11,13-15,17,21H,3-7,12,16H2,1-2H3,(H,24,25). The van der Waals surface area contributed by atoms with E-state index in [1.54, 1.807) is 18.2 Å². The predicted octanol–water partition coefficient (Wildman–Crippen LogP) is 6.43. The van der Waals surface area contributed by atoms with E-state index in [0.717, 1.165) is 25.7 Å². The number of rotatable bonds is 11. The lowest BCUT2D eigenvalue weighted by Gasteiger charge is -2.23. The number of hydrogen-bond acceptors (Lipinski definition) is 2. The van der Waals surface area contributed by atoms with Crippen molar-refractivity contribution in [1.82, 2.24) is 0 Å². The summed E-state index contributed by atoms with van der Waals surface area (Å²) in [7, 11) is 0. The van der Waals surface area contributed by atoms with Crippen LogP contribution in [0.1, 0.15) is 80.0 Å². The van der Waals surface area contributed by atoms with Gasteiger partial charge in [-0.25, -0.2) is 4.79 Å². The van der Waals surface area contributed by atoms with Crippen molar-refractivity contribution in [3.8, 4) is 5.75 Å². The van der Waals surface area contributed by atoms with Crippen LogP contribution < -0.4 is 4.74 Å². The third-order valence-electron chi connectivity index (χ3n) is 4.66. The second kappa shape index (κ2) is 10.6. The minimum Gasteiger partial charge on any atom is -0.485 e. The van der Waals surface area contributed by atoms with Crippen LogP contribution in [0.5, 0.6) is 5.75 Å². The normalized spacial score (nSPS) is 11.9. The molecule has 0 spiro atoms. The monoisotopic (exact) mass is 354 g/mol. The van der Waals surface area contributed by atoms with Crippen LogP contribution in [-0.4, -0.2) is 11.1 Å². The molecule has 26 heavy (non-hydrogen) atoms. The van der Waals surface area contributed by atoms with Crippen LogP contribution in [0, 0.1) is 0 Å². The Morgan fingerprint density at radius 1 is 0.962 bits per heavy atom. The topological polar surface area (TPSA) is 46.5 Å². The van der Waals surface area contributed by atoms with Crippen molar-refractivity contribution in [1.29, 1.82) is 0 Å². The molecule has 3 heteroatoms. The van der Waals surface area contributed by atoms with E-state index in [-0.39, 0.29) is 11.7 Å². The zero-order valence-corrected chi connectivity index (χ0v) is 15.9. The van der Waals surface area contributed by atoms with Gasteiger partial charge in [-0.15, -0.1) is 0 Å². The van der Waals surface area contributed by atoms with E-state index in [2.05, 4.69) is 32.0 Å². The van der Waals surface area contributed by atoms with E-state index < -0.39 is 5.97 Å². The number of para-hydroxylation sites is 1. The summed E-state index contributed by atoms with van der Waals surface area (Å²) < 4.78 is 6.26. The number of unbranched alkanes of at least 4 members (excludes halogenated alkanes) is 3. The molecule has 0 aliphatic carbocycles. The first-order valence-electron chi connectivity index (χ1n) is 9.74. The van der Waals surface area contributed by atoms with Crippen molar-refractivity contribution in [2.75, 3.05) is 0 Å². The molecule has 2 aromatic carbocycles. The number of ether oxygens (including phenoxy) is 1. The largest absolute Gasteiger partial charge is 0.485 e. The molecule has 140 valence electrons. The van der Waals surface area contributed by atoms with E-state index in [1.807, 2.05) is 12.1 Å². The second-order valence-corrected chi connectivity index (χ2v) is 6.71. The van der Waals surface area contributed by atoms with Crippen LogP contribution in [0.2, 0.25) is 0 Å². The van der Waals surface area contributed by atoms with E-state index in [9.17, 15) is 9.90 Å². The minimum absolute atomic E-state index is 0.117. The van der Waals surface area contributed by atoms with Gasteiger partial charge < -0.3 is 9.84 Å². The van der Waals surface area contributed by atoms with Crippen LogP contribution in [0.25, 0.3) is 0 Å². The maximum absolute atomic E-state index is 11.5. The Morgan fingerprint density at radius 2 is 1.65 bits per heavy atom. The smallest absolute Gasteiger partial charge is 0.339 e. The minimum atomic E-state index is -0.953. The fourth-order valence-corrected chi connectivity index (χ4v) is 3.21. The summed E-state index contributed by atoms with van der Waals surface area (Å²) in [5, 5.41) is 9.44. The van der Waals surface area contributed by atoms with Crippen molar-refractivity contribution in [3.05, 3.63) is 65.2 Å². The molecular weight excluding hydrogens is 324 g/mol. The number of aromatic carboxylic acids is 1. The number of aryl methyl sites for hydroxylation is 1. The van der Waals surface area contributed by atoms with Crippen LogP contribution in [0.4, 0.5) is 0 Å². The Kier molecular flexibility index (Phi) is 8.20. The third kappa shape index (κ3) is 5.62. The molecule has 1 N–H and O–H groups in total. The van der Waals surface area contributed by atoms with Gasteiger partial charge in [-0.3, -0.25) is 0 Å². The van der Waals surface area contributed by atoms with Crippen LogP contribution >= 0.6 is 0 Å². The average Bonchev–Trinajstić information content (AvgIpc) is 2.66. The Labute approximate surface area is 157 Å². The number of carboxylic acid groups (broad SMARTS) is 1. The lowest BCUT2D eigenvalue weighted by molar-refractivity contribution is 0.0688. The molecule has 0 radical (unpaired) electrons. The van der Waals surface area contributed by atoms with E-state index in [0.29, 0.717) is 5.75 Å². The first kappa shape index (κ1) is 20.0. The maximum Gasteiger partial charge on any atom is 0.339 e. The molecule has 0 aromatic heterocycles. The molecule has 0 saturated carbocycles. The zero-order valence-electron chi connectivity index (χ0n) is 15.9. The van der Waals surface area contributed by atoms with Crippen molar-refractivity contribution in [3.63, 3.8) is 0 Å². The van der Waals surface area contributed by atoms with Crippen molar-refractivity contribution in [2.24, 2.45) is 0 Å². The van der Waals surface area contributed by atoms with Gasteiger partial charge in [-0.05, 0) is 48.9 Å². The van der Waals surface area contributed by atoms with E-state index in [1.165, 1.54) is 30.4 Å². The van der Waals surface area contributed by atoms with Gasteiger partial charge in [0.2, 0.25) is 0 Å². The summed E-state index contributed by atoms with van der Waals surface area (Å²) in [6.45, 7) is 4.37. The summed E-state index contributed by atoms with van der Waals surface area (Å²) in [6, 6.07) is 15.3. The summed E-state index contributed by atoms with van der Waals surface area (Å²) in [6.07, 6.45) is 7.52. The highest BCUT2D eigenvalue weighted by atomic mass is 16.5. The highest BCUT2D eigenvalue weighted by molar-refractivity contribution is 5.90. The van der Waals surface area contributed by atoms with Crippen molar-refractivity contribution in [2.45, 2.75) is 64.9 Å². The van der Waals surface area contributed by atoms with Gasteiger partial charge in [0.05, 0.1) is 0 Å². The molecule has 0 fully saturated rings. The molecule has 3 nitrogen and oxygen atoms in total. The molecule has 0 aliphatic rings. The molecular formula is C23H30O3. The van der Waals surface area contributed by atoms with Gasteiger partial charge in [0.25, 0.3) is 0 Å². The Morgan fingerprint density at radius 3 is 2.38 bits per heavy atom. The number of carboxylic acids is 1. The number of carbonyl (C=O) groups is 1.